The van der Waals surface area contributed by atoms with Crippen molar-refractivity contribution in [1.29, 1.82) is 0 Å². The molecule has 0 aromatic heterocycles. The van der Waals surface area contributed by atoms with Crippen molar-refractivity contribution in [3.8, 4) is 5.75 Å². The number of unbranched alkanes of at least 4 members (excludes halogenated alkanes) is 1. The van der Waals surface area contributed by atoms with E-state index < -0.39 is 21.3 Å². The van der Waals surface area contributed by atoms with Gasteiger partial charge in [0, 0.05) is 12.2 Å². The number of benzene rings is 2. The summed E-state index contributed by atoms with van der Waals surface area (Å²) in [6.07, 6.45) is 3.11. The molecule has 1 aliphatic carbocycles. The molecule has 2 aromatic carbocycles. The van der Waals surface area contributed by atoms with Crippen molar-refractivity contribution in [2.45, 2.75) is 49.8 Å². The molecule has 1 saturated carbocycles. The first-order valence-corrected chi connectivity index (χ1v) is 13.1. The van der Waals surface area contributed by atoms with E-state index in [0.717, 1.165) is 31.2 Å². The zero-order valence-electron chi connectivity index (χ0n) is 19.2. The van der Waals surface area contributed by atoms with Crippen LogP contribution in [0.3, 0.4) is 0 Å². The van der Waals surface area contributed by atoms with E-state index in [0.29, 0.717) is 18.8 Å². The zero-order chi connectivity index (χ0) is 24.8. The molecule has 184 valence electrons. The number of rotatable bonds is 12. The first-order valence-electron chi connectivity index (χ1n) is 11.2. The summed E-state index contributed by atoms with van der Waals surface area (Å²) >= 11 is 6.17. The highest BCUT2D eigenvalue weighted by Crippen LogP contribution is 2.49. The van der Waals surface area contributed by atoms with Crippen LogP contribution < -0.4 is 14.8 Å². The van der Waals surface area contributed by atoms with Gasteiger partial charge in [0.25, 0.3) is 5.91 Å². The molecule has 10 heteroatoms. The number of esters is 1. The molecule has 34 heavy (non-hydrogen) atoms. The molecular weight excluding hydrogens is 480 g/mol. The summed E-state index contributed by atoms with van der Waals surface area (Å²) in [5, 5.41) is 2.81. The molecule has 1 amide bonds. The van der Waals surface area contributed by atoms with E-state index in [2.05, 4.69) is 10.0 Å². The number of hydrogen-bond acceptors (Lipinski definition) is 6. The van der Waals surface area contributed by atoms with Gasteiger partial charge in [-0.05, 0) is 62.1 Å². The average molecular weight is 509 g/mol. The molecular formula is C24H29ClN2O6S. The average Bonchev–Trinajstić information content (AvgIpc) is 3.61. The summed E-state index contributed by atoms with van der Waals surface area (Å²) in [5.74, 6) is -0.425. The van der Waals surface area contributed by atoms with Crippen molar-refractivity contribution >= 4 is 39.2 Å². The number of carbonyl (C=O) groups is 2. The lowest BCUT2D eigenvalue weighted by Crippen LogP contribution is -2.24. The van der Waals surface area contributed by atoms with Gasteiger partial charge in [-0.3, -0.25) is 9.59 Å². The van der Waals surface area contributed by atoms with Crippen LogP contribution in [0.1, 0.15) is 45.1 Å². The predicted molar refractivity (Wildman–Crippen MR) is 130 cm³/mol. The Balaban J connectivity index is 1.54. The quantitative estimate of drug-likeness (QED) is 0.331. The van der Waals surface area contributed by atoms with Crippen molar-refractivity contribution in [3.63, 3.8) is 0 Å². The first-order chi connectivity index (χ1) is 16.2. The normalized spacial score (nSPS) is 14.3. The molecule has 8 nitrogen and oxygen atoms in total. The molecule has 3 rings (SSSR count). The van der Waals surface area contributed by atoms with Gasteiger partial charge in [-0.1, -0.05) is 37.1 Å². The Hall–Kier alpha value is -2.62. The standard InChI is InChI=1S/C24H29ClN2O6S/c1-3-5-14-26-34(30,31)19-10-11-21(20(25)15-19)33-16-22(28)27-18-8-6-17(7-9-18)24(12-13-24)23(29)32-4-2/h6-11,15,26H,3-5,12-14,16H2,1-2H3,(H,27,28). The minimum Gasteiger partial charge on any atom is -0.482 e. The van der Waals surface area contributed by atoms with E-state index in [1.807, 2.05) is 19.1 Å². The van der Waals surface area contributed by atoms with Crippen molar-refractivity contribution in [1.82, 2.24) is 4.72 Å². The Kier molecular flexibility index (Phi) is 8.57. The van der Waals surface area contributed by atoms with Crippen LogP contribution >= 0.6 is 11.6 Å². The van der Waals surface area contributed by atoms with Gasteiger partial charge in [0.1, 0.15) is 5.75 Å². The van der Waals surface area contributed by atoms with Crippen LogP contribution in [-0.4, -0.2) is 40.1 Å². The molecule has 0 unspecified atom stereocenters. The summed E-state index contributed by atoms with van der Waals surface area (Å²) in [6, 6.07) is 11.2. The number of anilines is 1. The SMILES string of the molecule is CCCCNS(=O)(=O)c1ccc(OCC(=O)Nc2ccc(C3(C(=O)OCC)CC3)cc2)c(Cl)c1. The fourth-order valence-corrected chi connectivity index (χ4v) is 4.85. The first kappa shape index (κ1) is 26.0. The predicted octanol–water partition coefficient (Wildman–Crippen LogP) is 4.03. The third-order valence-electron chi connectivity index (χ3n) is 5.53. The smallest absolute Gasteiger partial charge is 0.316 e. The van der Waals surface area contributed by atoms with Gasteiger partial charge in [-0.15, -0.1) is 0 Å². The van der Waals surface area contributed by atoms with Crippen LogP contribution in [0.2, 0.25) is 5.02 Å². The van der Waals surface area contributed by atoms with Gasteiger partial charge in [-0.25, -0.2) is 13.1 Å². The summed E-state index contributed by atoms with van der Waals surface area (Å²) in [6.45, 7) is 4.13. The molecule has 0 aliphatic heterocycles. The van der Waals surface area contributed by atoms with Crippen molar-refractivity contribution < 1.29 is 27.5 Å². The molecule has 1 aliphatic rings. The second-order valence-electron chi connectivity index (χ2n) is 8.06. The van der Waals surface area contributed by atoms with Gasteiger partial charge in [0.2, 0.25) is 10.0 Å². The van der Waals surface area contributed by atoms with E-state index >= 15 is 0 Å². The van der Waals surface area contributed by atoms with Crippen LogP contribution in [0.15, 0.2) is 47.4 Å². The molecule has 2 aromatic rings. The maximum Gasteiger partial charge on any atom is 0.316 e. The Labute approximate surface area is 205 Å². The second kappa shape index (κ2) is 11.2. The van der Waals surface area contributed by atoms with E-state index in [4.69, 9.17) is 21.1 Å². The van der Waals surface area contributed by atoms with Crippen LogP contribution in [-0.2, 0) is 29.8 Å². The van der Waals surface area contributed by atoms with E-state index in [1.54, 1.807) is 19.1 Å². The Morgan fingerprint density at radius 1 is 1.09 bits per heavy atom. The van der Waals surface area contributed by atoms with Crippen molar-refractivity contribution in [3.05, 3.63) is 53.1 Å². The Bertz CT molecular complexity index is 1130. The van der Waals surface area contributed by atoms with Gasteiger partial charge in [-0.2, -0.15) is 0 Å². The lowest BCUT2D eigenvalue weighted by molar-refractivity contribution is -0.146. The minimum absolute atomic E-state index is 0.0294. The number of sulfonamides is 1. The lowest BCUT2D eigenvalue weighted by atomic mass is 9.96. The van der Waals surface area contributed by atoms with Crippen molar-refractivity contribution in [2.24, 2.45) is 0 Å². The van der Waals surface area contributed by atoms with Crippen molar-refractivity contribution in [2.75, 3.05) is 25.1 Å². The number of amides is 1. The lowest BCUT2D eigenvalue weighted by Gasteiger charge is -2.15. The minimum atomic E-state index is -3.66. The number of nitrogens with one attached hydrogen (secondary N) is 2. The van der Waals surface area contributed by atoms with E-state index in [1.165, 1.54) is 18.2 Å². The van der Waals surface area contributed by atoms with E-state index in [9.17, 15) is 18.0 Å². The summed E-state index contributed by atoms with van der Waals surface area (Å²) in [5.41, 5.74) is 0.859. The molecule has 0 atom stereocenters. The number of carbonyl (C=O) groups excluding carboxylic acids is 2. The molecule has 1 fully saturated rings. The molecule has 2 N–H and O–H groups in total. The highest BCUT2D eigenvalue weighted by Gasteiger charge is 2.52. The molecule has 0 radical (unpaired) electrons. The number of ether oxygens (including phenoxy) is 2. The van der Waals surface area contributed by atoms with Crippen LogP contribution in [0.25, 0.3) is 0 Å². The Morgan fingerprint density at radius 3 is 2.38 bits per heavy atom. The Morgan fingerprint density at radius 2 is 1.79 bits per heavy atom. The second-order valence-corrected chi connectivity index (χ2v) is 10.2. The van der Waals surface area contributed by atoms with Crippen LogP contribution in [0.5, 0.6) is 5.75 Å². The zero-order valence-corrected chi connectivity index (χ0v) is 20.8. The fraction of sp³-hybridized carbons (Fsp3) is 0.417. The maximum atomic E-state index is 12.3. The van der Waals surface area contributed by atoms with Gasteiger partial charge < -0.3 is 14.8 Å². The molecule has 0 bridgehead atoms. The topological polar surface area (TPSA) is 111 Å². The third kappa shape index (κ3) is 6.28. The van der Waals surface area contributed by atoms with Gasteiger partial charge >= 0.3 is 5.97 Å². The van der Waals surface area contributed by atoms with Gasteiger partial charge in [0.05, 0.1) is 21.9 Å². The summed E-state index contributed by atoms with van der Waals surface area (Å²) in [4.78, 5) is 24.5. The van der Waals surface area contributed by atoms with E-state index in [-0.39, 0.29) is 28.2 Å². The molecule has 0 heterocycles. The highest BCUT2D eigenvalue weighted by atomic mass is 35.5. The molecule has 0 spiro atoms. The van der Waals surface area contributed by atoms with Crippen LogP contribution in [0.4, 0.5) is 5.69 Å². The monoisotopic (exact) mass is 508 g/mol. The van der Waals surface area contributed by atoms with Crippen LogP contribution in [0, 0.1) is 0 Å². The maximum absolute atomic E-state index is 12.3. The fourth-order valence-electron chi connectivity index (χ4n) is 3.45. The van der Waals surface area contributed by atoms with Gasteiger partial charge in [0.15, 0.2) is 6.61 Å². The number of hydrogen-bond donors (Lipinski definition) is 2. The number of halogens is 1. The largest absolute Gasteiger partial charge is 0.482 e. The third-order valence-corrected chi connectivity index (χ3v) is 7.29. The summed E-state index contributed by atoms with van der Waals surface area (Å²) < 4.78 is 37.8. The molecule has 0 saturated heterocycles. The summed E-state index contributed by atoms with van der Waals surface area (Å²) in [7, 11) is -3.66. The highest BCUT2D eigenvalue weighted by molar-refractivity contribution is 7.89.